The lowest BCUT2D eigenvalue weighted by Crippen LogP contribution is -2.26. The van der Waals surface area contributed by atoms with Crippen molar-refractivity contribution in [3.63, 3.8) is 0 Å². The van der Waals surface area contributed by atoms with Crippen molar-refractivity contribution >= 4 is 24.0 Å². The highest BCUT2D eigenvalue weighted by Crippen LogP contribution is 2.16. The number of nitro groups is 1. The van der Waals surface area contributed by atoms with E-state index in [2.05, 4.69) is 5.32 Å². The van der Waals surface area contributed by atoms with Crippen LogP contribution in [0.2, 0.25) is 0 Å². The first-order valence-electron chi connectivity index (χ1n) is 4.88. The van der Waals surface area contributed by atoms with Gasteiger partial charge < -0.3 is 11.1 Å². The first kappa shape index (κ1) is 15.3. The molecule has 1 rings (SSSR count). The van der Waals surface area contributed by atoms with Gasteiger partial charge in [-0.05, 0) is 19.0 Å². The number of benzene rings is 1. The Balaban J connectivity index is 0.00000256. The van der Waals surface area contributed by atoms with Crippen LogP contribution in [-0.4, -0.2) is 23.9 Å². The van der Waals surface area contributed by atoms with Gasteiger partial charge in [-0.1, -0.05) is 12.1 Å². The molecule has 1 amide bonds. The summed E-state index contributed by atoms with van der Waals surface area (Å²) in [6.45, 7) is 0.887. The Labute approximate surface area is 105 Å². The molecule has 0 unspecified atom stereocenters. The number of nitrogens with zero attached hydrogens (tertiary/aromatic N) is 1. The van der Waals surface area contributed by atoms with Gasteiger partial charge in [0.2, 0.25) is 0 Å². The highest BCUT2D eigenvalue weighted by Gasteiger charge is 2.18. The molecular formula is C10H14ClN3O3. The number of rotatable bonds is 5. The summed E-state index contributed by atoms with van der Waals surface area (Å²) in [5.41, 5.74) is 5.16. The van der Waals surface area contributed by atoms with Gasteiger partial charge in [0, 0.05) is 12.6 Å². The first-order chi connectivity index (χ1) is 7.66. The lowest BCUT2D eigenvalue weighted by molar-refractivity contribution is -0.385. The lowest BCUT2D eigenvalue weighted by atomic mass is 10.1. The maximum atomic E-state index is 11.6. The van der Waals surface area contributed by atoms with Crippen LogP contribution in [0.5, 0.6) is 0 Å². The van der Waals surface area contributed by atoms with Crippen LogP contribution in [0.25, 0.3) is 0 Å². The molecule has 0 bridgehead atoms. The number of carbonyl (C=O) groups is 1. The molecule has 1 aromatic carbocycles. The van der Waals surface area contributed by atoms with E-state index < -0.39 is 10.8 Å². The zero-order chi connectivity index (χ0) is 12.0. The summed E-state index contributed by atoms with van der Waals surface area (Å²) in [5, 5.41) is 13.2. The van der Waals surface area contributed by atoms with Crippen molar-refractivity contribution in [2.24, 2.45) is 5.73 Å². The molecule has 17 heavy (non-hydrogen) atoms. The number of amides is 1. The van der Waals surface area contributed by atoms with Crippen LogP contribution in [0.1, 0.15) is 16.8 Å². The van der Waals surface area contributed by atoms with Crippen molar-refractivity contribution in [1.29, 1.82) is 0 Å². The number of nitro benzene ring substituents is 1. The summed E-state index contributed by atoms with van der Waals surface area (Å²) >= 11 is 0. The van der Waals surface area contributed by atoms with Gasteiger partial charge in [0.15, 0.2) is 0 Å². The molecule has 0 spiro atoms. The topological polar surface area (TPSA) is 98.3 Å². The Kier molecular flexibility index (Phi) is 6.85. The summed E-state index contributed by atoms with van der Waals surface area (Å²) < 4.78 is 0. The van der Waals surface area contributed by atoms with Gasteiger partial charge in [-0.15, -0.1) is 12.4 Å². The van der Waals surface area contributed by atoms with E-state index >= 15 is 0 Å². The average Bonchev–Trinajstić information content (AvgIpc) is 2.29. The number of hydrogen-bond acceptors (Lipinski definition) is 4. The van der Waals surface area contributed by atoms with E-state index in [4.69, 9.17) is 5.73 Å². The van der Waals surface area contributed by atoms with Crippen molar-refractivity contribution in [3.05, 3.63) is 39.9 Å². The summed E-state index contributed by atoms with van der Waals surface area (Å²) in [6, 6.07) is 5.84. The second kappa shape index (κ2) is 7.59. The summed E-state index contributed by atoms with van der Waals surface area (Å²) in [6.07, 6.45) is 0.645. The fourth-order valence-corrected chi connectivity index (χ4v) is 1.22. The van der Waals surface area contributed by atoms with Crippen LogP contribution in [0.4, 0.5) is 5.69 Å². The molecule has 0 aliphatic carbocycles. The van der Waals surface area contributed by atoms with E-state index in [0.717, 1.165) is 0 Å². The SMILES string of the molecule is Cl.NCCCNC(=O)c1ccccc1[N+](=O)[O-]. The Morgan fingerprint density at radius 1 is 1.41 bits per heavy atom. The van der Waals surface area contributed by atoms with Gasteiger partial charge in [0.25, 0.3) is 11.6 Å². The van der Waals surface area contributed by atoms with Crippen LogP contribution in [0.3, 0.4) is 0 Å². The summed E-state index contributed by atoms with van der Waals surface area (Å²) in [5.74, 6) is -0.444. The molecule has 94 valence electrons. The van der Waals surface area contributed by atoms with Crippen molar-refractivity contribution in [3.8, 4) is 0 Å². The minimum Gasteiger partial charge on any atom is -0.352 e. The Morgan fingerprint density at radius 3 is 2.65 bits per heavy atom. The third-order valence-corrected chi connectivity index (χ3v) is 2.01. The van der Waals surface area contributed by atoms with Crippen LogP contribution in [-0.2, 0) is 0 Å². The first-order valence-corrected chi connectivity index (χ1v) is 4.88. The van der Waals surface area contributed by atoms with Gasteiger partial charge in [0.05, 0.1) is 4.92 Å². The molecule has 0 aromatic heterocycles. The van der Waals surface area contributed by atoms with Crippen LogP contribution in [0, 0.1) is 10.1 Å². The highest BCUT2D eigenvalue weighted by atomic mass is 35.5. The molecular weight excluding hydrogens is 246 g/mol. The molecule has 0 heterocycles. The van der Waals surface area contributed by atoms with E-state index in [1.54, 1.807) is 6.07 Å². The normalized spacial score (nSPS) is 9.24. The van der Waals surface area contributed by atoms with Crippen molar-refractivity contribution in [2.75, 3.05) is 13.1 Å². The van der Waals surface area contributed by atoms with E-state index in [9.17, 15) is 14.9 Å². The molecule has 6 nitrogen and oxygen atoms in total. The Bertz CT molecular complexity index is 398. The third-order valence-electron chi connectivity index (χ3n) is 2.01. The van der Waals surface area contributed by atoms with E-state index in [1.165, 1.54) is 18.2 Å². The second-order valence-corrected chi connectivity index (χ2v) is 3.17. The quantitative estimate of drug-likeness (QED) is 0.470. The molecule has 0 aliphatic heterocycles. The zero-order valence-electron chi connectivity index (χ0n) is 9.09. The summed E-state index contributed by atoms with van der Waals surface area (Å²) in [4.78, 5) is 21.7. The predicted molar refractivity (Wildman–Crippen MR) is 66.3 cm³/mol. The van der Waals surface area contributed by atoms with E-state index in [1.807, 2.05) is 0 Å². The molecule has 0 saturated carbocycles. The highest BCUT2D eigenvalue weighted by molar-refractivity contribution is 5.98. The monoisotopic (exact) mass is 259 g/mol. The molecule has 0 atom stereocenters. The van der Waals surface area contributed by atoms with Crippen LogP contribution >= 0.6 is 12.4 Å². The van der Waals surface area contributed by atoms with Gasteiger partial charge in [-0.3, -0.25) is 14.9 Å². The maximum absolute atomic E-state index is 11.6. The van der Waals surface area contributed by atoms with Gasteiger partial charge in [0.1, 0.15) is 5.56 Å². The predicted octanol–water partition coefficient (Wildman–Crippen LogP) is 1.10. The minimum atomic E-state index is -0.572. The van der Waals surface area contributed by atoms with Crippen molar-refractivity contribution < 1.29 is 9.72 Å². The van der Waals surface area contributed by atoms with Gasteiger partial charge >= 0.3 is 0 Å². The molecule has 7 heteroatoms. The van der Waals surface area contributed by atoms with E-state index in [-0.39, 0.29) is 23.7 Å². The summed E-state index contributed by atoms with van der Waals surface area (Å²) in [7, 11) is 0. The van der Waals surface area contributed by atoms with Crippen LogP contribution in [0.15, 0.2) is 24.3 Å². The van der Waals surface area contributed by atoms with E-state index in [0.29, 0.717) is 19.5 Å². The van der Waals surface area contributed by atoms with Crippen molar-refractivity contribution in [2.45, 2.75) is 6.42 Å². The molecule has 0 saturated heterocycles. The number of hydrogen-bond donors (Lipinski definition) is 2. The third kappa shape index (κ3) is 4.38. The number of nitrogens with two attached hydrogens (primary N) is 1. The second-order valence-electron chi connectivity index (χ2n) is 3.17. The smallest absolute Gasteiger partial charge is 0.282 e. The fraction of sp³-hybridized carbons (Fsp3) is 0.300. The van der Waals surface area contributed by atoms with Crippen LogP contribution < -0.4 is 11.1 Å². The Morgan fingerprint density at radius 2 is 2.06 bits per heavy atom. The van der Waals surface area contributed by atoms with Crippen molar-refractivity contribution in [1.82, 2.24) is 5.32 Å². The average molecular weight is 260 g/mol. The maximum Gasteiger partial charge on any atom is 0.282 e. The van der Waals surface area contributed by atoms with Gasteiger partial charge in [-0.25, -0.2) is 0 Å². The van der Waals surface area contributed by atoms with Gasteiger partial charge in [-0.2, -0.15) is 0 Å². The molecule has 0 radical (unpaired) electrons. The number of carbonyl (C=O) groups excluding carboxylic acids is 1. The lowest BCUT2D eigenvalue weighted by Gasteiger charge is -2.04. The standard InChI is InChI=1S/C10H13N3O3.ClH/c11-6-3-7-12-10(14)8-4-1-2-5-9(8)13(15)16;/h1-2,4-5H,3,6-7,11H2,(H,12,14);1H. The Hall–Kier alpha value is -1.66. The molecule has 3 N–H and O–H groups in total. The fourth-order valence-electron chi connectivity index (χ4n) is 1.22. The minimum absolute atomic E-state index is 0. The number of nitrogens with one attached hydrogen (secondary N) is 1. The zero-order valence-corrected chi connectivity index (χ0v) is 9.90. The largest absolute Gasteiger partial charge is 0.352 e. The number of para-hydroxylation sites is 1. The number of halogens is 1. The molecule has 0 aliphatic rings. The molecule has 1 aromatic rings. The molecule has 0 fully saturated rings.